The van der Waals surface area contributed by atoms with Gasteiger partial charge in [0.05, 0.1) is 40.6 Å². The molecule has 6 heterocycles. The maximum atomic E-state index is 13.6. The Kier molecular flexibility index (Phi) is 11.8. The predicted octanol–water partition coefficient (Wildman–Crippen LogP) is 3.96. The number of hydrogen-bond donors (Lipinski definition) is 4. The Morgan fingerprint density at radius 2 is 1.74 bits per heavy atom. The summed E-state index contributed by atoms with van der Waals surface area (Å²) in [5.41, 5.74) is 3.89. The number of nitrogens with one attached hydrogen (secondary N) is 4. The molecule has 312 valence electrons. The zero-order valence-electron chi connectivity index (χ0n) is 33.9. The van der Waals surface area contributed by atoms with Gasteiger partial charge in [-0.3, -0.25) is 34.4 Å². The molecule has 1 unspecified atom stereocenters. The molecule has 61 heavy (non-hydrogen) atoms. The highest BCUT2D eigenvalue weighted by Crippen LogP contribution is 2.33. The standard InChI is InChI=1S/C45H47N11O5/c1-3-33-27-54(37-10-6-30(24-46)41-35(37)5-4-17-49-41)28(2)26-55(33)45(61)51-32-8-12-39(50-25-32)53-21-15-29(16-22-53)14-18-47-19-20-48-31-7-9-34-36(23-31)44(60)56(43(34)59)38-11-13-40(57)52-42(38)58/h1,4-10,12,17,23,25,28-29,33,38,47-48H,11,13-16,18-22,26-27H2,2H3,(H,51,61)(H,52,57,58)/t28-,33+,38?/m0/s1. The number of amides is 6. The topological polar surface area (TPSA) is 196 Å². The summed E-state index contributed by atoms with van der Waals surface area (Å²) in [5, 5.41) is 22.5. The number of aromatic nitrogens is 2. The lowest BCUT2D eigenvalue weighted by atomic mass is 9.93. The first-order valence-electron chi connectivity index (χ1n) is 20.7. The number of piperazine rings is 1. The molecule has 0 bridgehead atoms. The molecule has 4 aliphatic heterocycles. The number of carbonyl (C=O) groups excluding carboxylic acids is 5. The fourth-order valence-corrected chi connectivity index (χ4v) is 8.78. The molecule has 3 saturated heterocycles. The van der Waals surface area contributed by atoms with Gasteiger partial charge in [-0.25, -0.2) is 9.78 Å². The molecule has 0 spiro atoms. The first-order valence-corrected chi connectivity index (χ1v) is 20.7. The van der Waals surface area contributed by atoms with E-state index in [-0.39, 0.29) is 36.0 Å². The van der Waals surface area contributed by atoms with Crippen molar-refractivity contribution in [1.29, 1.82) is 5.26 Å². The third-order valence-electron chi connectivity index (χ3n) is 12.1. The second kappa shape index (κ2) is 17.7. The van der Waals surface area contributed by atoms with Gasteiger partial charge in [0.15, 0.2) is 0 Å². The molecule has 4 N–H and O–H groups in total. The molecule has 0 saturated carbocycles. The number of fused-ring (bicyclic) bond motifs is 2. The Balaban J connectivity index is 0.749. The van der Waals surface area contributed by atoms with Gasteiger partial charge < -0.3 is 30.7 Å². The maximum absolute atomic E-state index is 13.6. The SMILES string of the molecule is C#C[C@@H]1CN(c2ccc(C#N)c3ncccc23)[C@@H](C)CN1C(=O)Nc1ccc(N2CCC(CCNCCNc3ccc4c(c3)C(=O)N(C3CCC(=O)NC3=O)C4=O)CC2)nc1. The van der Waals surface area contributed by atoms with Gasteiger partial charge in [0, 0.05) is 68.1 Å². The highest BCUT2D eigenvalue weighted by Gasteiger charge is 2.44. The normalized spacial score (nSPS) is 20.6. The Bertz CT molecular complexity index is 2450. The number of rotatable bonds is 11. The minimum Gasteiger partial charge on any atom is -0.384 e. The van der Waals surface area contributed by atoms with Crippen LogP contribution in [0, 0.1) is 29.6 Å². The van der Waals surface area contributed by atoms with Crippen LogP contribution in [0.5, 0.6) is 0 Å². The average molecular weight is 822 g/mol. The van der Waals surface area contributed by atoms with E-state index in [9.17, 15) is 29.2 Å². The van der Waals surface area contributed by atoms with E-state index < -0.39 is 35.7 Å². The Morgan fingerprint density at radius 3 is 2.49 bits per heavy atom. The molecule has 4 aliphatic rings. The quantitative estimate of drug-likeness (QED) is 0.0968. The minimum absolute atomic E-state index is 0.0444. The summed E-state index contributed by atoms with van der Waals surface area (Å²) < 4.78 is 0. The molecular formula is C45H47N11O5. The smallest absolute Gasteiger partial charge is 0.323 e. The molecule has 2 aromatic heterocycles. The van der Waals surface area contributed by atoms with E-state index in [4.69, 9.17) is 6.42 Å². The fourth-order valence-electron chi connectivity index (χ4n) is 8.78. The molecular weight excluding hydrogens is 775 g/mol. The number of nitriles is 1. The second-order valence-corrected chi connectivity index (χ2v) is 15.9. The Labute approximate surface area is 353 Å². The van der Waals surface area contributed by atoms with Crippen molar-refractivity contribution in [3.63, 3.8) is 0 Å². The number of anilines is 4. The number of urea groups is 1. The van der Waals surface area contributed by atoms with Crippen molar-refractivity contribution >= 4 is 63.4 Å². The lowest BCUT2D eigenvalue weighted by Crippen LogP contribution is -2.59. The summed E-state index contributed by atoms with van der Waals surface area (Å²) in [5.74, 6) is 2.19. The molecule has 0 radical (unpaired) electrons. The summed E-state index contributed by atoms with van der Waals surface area (Å²) in [4.78, 5) is 79.8. The van der Waals surface area contributed by atoms with Crippen molar-refractivity contribution in [2.75, 3.05) is 66.2 Å². The van der Waals surface area contributed by atoms with E-state index in [2.05, 4.69) is 59.9 Å². The second-order valence-electron chi connectivity index (χ2n) is 15.9. The van der Waals surface area contributed by atoms with E-state index in [1.165, 1.54) is 0 Å². The van der Waals surface area contributed by atoms with Crippen LogP contribution in [0.3, 0.4) is 0 Å². The maximum Gasteiger partial charge on any atom is 0.323 e. The minimum atomic E-state index is -0.987. The zero-order valence-corrected chi connectivity index (χ0v) is 33.9. The summed E-state index contributed by atoms with van der Waals surface area (Å²) >= 11 is 0. The number of piperidine rings is 2. The van der Waals surface area contributed by atoms with Crippen LogP contribution in [0.15, 0.2) is 67.0 Å². The van der Waals surface area contributed by atoms with Gasteiger partial charge in [-0.1, -0.05) is 5.92 Å². The van der Waals surface area contributed by atoms with Crippen molar-refractivity contribution in [3.05, 3.63) is 83.7 Å². The van der Waals surface area contributed by atoms with E-state index in [0.29, 0.717) is 54.6 Å². The number of benzene rings is 2. The fraction of sp³-hybridized carbons (Fsp3) is 0.378. The van der Waals surface area contributed by atoms with Crippen LogP contribution in [0.2, 0.25) is 0 Å². The van der Waals surface area contributed by atoms with Gasteiger partial charge in [0.25, 0.3) is 11.8 Å². The van der Waals surface area contributed by atoms with Gasteiger partial charge in [-0.2, -0.15) is 5.26 Å². The van der Waals surface area contributed by atoms with Gasteiger partial charge in [0.2, 0.25) is 11.8 Å². The summed E-state index contributed by atoms with van der Waals surface area (Å²) in [6, 6.07) is 16.8. The monoisotopic (exact) mass is 821 g/mol. The van der Waals surface area contributed by atoms with Crippen LogP contribution < -0.4 is 31.1 Å². The molecule has 3 atom stereocenters. The zero-order chi connectivity index (χ0) is 42.6. The molecule has 16 nitrogen and oxygen atoms in total. The molecule has 8 rings (SSSR count). The van der Waals surface area contributed by atoms with Crippen LogP contribution in [0.1, 0.15) is 65.3 Å². The number of nitrogens with zero attached hydrogens (tertiary/aromatic N) is 7. The van der Waals surface area contributed by atoms with Crippen molar-refractivity contribution in [3.8, 4) is 18.4 Å². The molecule has 3 fully saturated rings. The van der Waals surface area contributed by atoms with Crippen LogP contribution in [-0.4, -0.2) is 113 Å². The van der Waals surface area contributed by atoms with Gasteiger partial charge in [0.1, 0.15) is 24.0 Å². The average Bonchev–Trinajstić information content (AvgIpc) is 3.52. The number of hydrogen-bond acceptors (Lipinski definition) is 12. The summed E-state index contributed by atoms with van der Waals surface area (Å²) in [7, 11) is 0. The lowest BCUT2D eigenvalue weighted by Gasteiger charge is -2.44. The molecule has 2 aromatic carbocycles. The Hall–Kier alpha value is -7.04. The predicted molar refractivity (Wildman–Crippen MR) is 230 cm³/mol. The van der Waals surface area contributed by atoms with Crippen LogP contribution >= 0.6 is 0 Å². The van der Waals surface area contributed by atoms with Crippen LogP contribution in [0.25, 0.3) is 10.9 Å². The van der Waals surface area contributed by atoms with Crippen molar-refractivity contribution in [2.45, 2.75) is 57.2 Å². The highest BCUT2D eigenvalue weighted by molar-refractivity contribution is 6.23. The van der Waals surface area contributed by atoms with Crippen LogP contribution in [0.4, 0.5) is 27.7 Å². The van der Waals surface area contributed by atoms with E-state index in [1.807, 2.05) is 30.3 Å². The molecule has 4 aromatic rings. The van der Waals surface area contributed by atoms with E-state index >= 15 is 0 Å². The molecule has 6 amide bonds. The van der Waals surface area contributed by atoms with Gasteiger partial charge >= 0.3 is 6.03 Å². The summed E-state index contributed by atoms with van der Waals surface area (Å²) in [6.07, 6.45) is 12.7. The largest absolute Gasteiger partial charge is 0.384 e. The number of terminal acetylenes is 1. The summed E-state index contributed by atoms with van der Waals surface area (Å²) in [6.45, 7) is 6.88. The van der Waals surface area contributed by atoms with Gasteiger partial charge in [-0.05, 0) is 99.7 Å². The van der Waals surface area contributed by atoms with Crippen molar-refractivity contribution in [2.24, 2.45) is 5.92 Å². The van der Waals surface area contributed by atoms with Crippen molar-refractivity contribution in [1.82, 2.24) is 30.4 Å². The first-order chi connectivity index (χ1) is 29.6. The van der Waals surface area contributed by atoms with Gasteiger partial charge in [-0.15, -0.1) is 6.42 Å². The third kappa shape index (κ3) is 8.40. The third-order valence-corrected chi connectivity index (χ3v) is 12.1. The first kappa shape index (κ1) is 40.7. The molecule has 16 heteroatoms. The lowest BCUT2D eigenvalue weighted by molar-refractivity contribution is -0.136. The van der Waals surface area contributed by atoms with Crippen LogP contribution in [-0.2, 0) is 9.59 Å². The molecule has 0 aliphatic carbocycles. The number of carbonyl (C=O) groups is 5. The van der Waals surface area contributed by atoms with E-state index in [0.717, 1.165) is 60.7 Å². The van der Waals surface area contributed by atoms with Crippen molar-refractivity contribution < 1.29 is 24.0 Å². The van der Waals surface area contributed by atoms with E-state index in [1.54, 1.807) is 41.6 Å². The number of pyridine rings is 2. The number of imide groups is 2. The Morgan fingerprint density at radius 1 is 0.934 bits per heavy atom. The highest BCUT2D eigenvalue weighted by atomic mass is 16.2.